The van der Waals surface area contributed by atoms with E-state index in [-0.39, 0.29) is 18.2 Å². The van der Waals surface area contributed by atoms with Gasteiger partial charge in [0.15, 0.2) is 0 Å². The molecule has 0 fully saturated rings. The number of aliphatic hydroxyl groups excluding tert-OH is 1. The SMILES string of the molecule is O=c1oc(-c2ccc([N+](=O)[O-])cc2)nn1C(/C=C/c1ccccc1)CO. The van der Waals surface area contributed by atoms with E-state index in [9.17, 15) is 20.0 Å². The van der Waals surface area contributed by atoms with Gasteiger partial charge in [0, 0.05) is 17.7 Å². The van der Waals surface area contributed by atoms with Crippen LogP contribution in [0.2, 0.25) is 0 Å². The van der Waals surface area contributed by atoms with Gasteiger partial charge in [-0.15, -0.1) is 5.10 Å². The molecule has 1 aromatic heterocycles. The second-order valence-electron chi connectivity index (χ2n) is 5.44. The minimum absolute atomic E-state index is 0.0245. The van der Waals surface area contributed by atoms with Crippen molar-refractivity contribution in [2.24, 2.45) is 0 Å². The van der Waals surface area contributed by atoms with Crippen LogP contribution in [0.25, 0.3) is 17.5 Å². The lowest BCUT2D eigenvalue weighted by molar-refractivity contribution is -0.384. The third-order valence-corrected chi connectivity index (χ3v) is 3.71. The van der Waals surface area contributed by atoms with Crippen LogP contribution in [0.5, 0.6) is 0 Å². The van der Waals surface area contributed by atoms with Crippen molar-refractivity contribution < 1.29 is 14.4 Å². The fourth-order valence-electron chi connectivity index (χ4n) is 2.35. The summed E-state index contributed by atoms with van der Waals surface area (Å²) in [5.41, 5.74) is 1.27. The number of hydrogen-bond acceptors (Lipinski definition) is 6. The van der Waals surface area contributed by atoms with Gasteiger partial charge in [0.05, 0.1) is 11.5 Å². The Balaban J connectivity index is 1.87. The Bertz CT molecular complexity index is 974. The minimum Gasteiger partial charge on any atom is -0.394 e. The zero-order valence-corrected chi connectivity index (χ0v) is 13.6. The highest BCUT2D eigenvalue weighted by atomic mass is 16.6. The lowest BCUT2D eigenvalue weighted by Crippen LogP contribution is -2.23. The van der Waals surface area contributed by atoms with Crippen LogP contribution >= 0.6 is 0 Å². The van der Waals surface area contributed by atoms with Crippen LogP contribution < -0.4 is 5.76 Å². The lowest BCUT2D eigenvalue weighted by Gasteiger charge is -2.07. The lowest BCUT2D eigenvalue weighted by atomic mass is 10.2. The first-order valence-electron chi connectivity index (χ1n) is 7.77. The molecule has 1 unspecified atom stereocenters. The molecule has 132 valence electrons. The maximum atomic E-state index is 12.1. The van der Waals surface area contributed by atoms with E-state index in [1.165, 1.54) is 24.3 Å². The molecule has 0 amide bonds. The summed E-state index contributed by atoms with van der Waals surface area (Å²) in [6, 6.07) is 14.2. The number of aromatic nitrogens is 2. The normalized spacial score (nSPS) is 12.3. The number of nitrogens with zero attached hydrogens (tertiary/aromatic N) is 3. The number of nitro groups is 1. The Morgan fingerprint density at radius 2 is 1.88 bits per heavy atom. The number of rotatable bonds is 6. The van der Waals surface area contributed by atoms with Gasteiger partial charge in [0.25, 0.3) is 5.69 Å². The monoisotopic (exact) mass is 353 g/mol. The third kappa shape index (κ3) is 3.76. The Kier molecular flexibility index (Phi) is 5.04. The second-order valence-corrected chi connectivity index (χ2v) is 5.44. The van der Waals surface area contributed by atoms with Crippen LogP contribution in [-0.2, 0) is 0 Å². The molecule has 1 heterocycles. The molecule has 0 aliphatic heterocycles. The maximum Gasteiger partial charge on any atom is 0.438 e. The molecule has 3 rings (SSSR count). The molecule has 0 aliphatic rings. The van der Waals surface area contributed by atoms with Crippen molar-refractivity contribution in [2.75, 3.05) is 6.61 Å². The van der Waals surface area contributed by atoms with Gasteiger partial charge in [-0.05, 0) is 17.7 Å². The van der Waals surface area contributed by atoms with Gasteiger partial charge in [-0.25, -0.2) is 4.79 Å². The predicted octanol–water partition coefficient (Wildman–Crippen LogP) is 2.66. The second kappa shape index (κ2) is 7.58. The Hall–Kier alpha value is -3.52. The quantitative estimate of drug-likeness (QED) is 0.539. The summed E-state index contributed by atoms with van der Waals surface area (Å²) in [5, 5.41) is 24.4. The van der Waals surface area contributed by atoms with E-state index in [4.69, 9.17) is 4.42 Å². The first-order chi connectivity index (χ1) is 12.6. The Labute approximate surface area is 147 Å². The molecule has 0 saturated carbocycles. The van der Waals surface area contributed by atoms with E-state index in [0.717, 1.165) is 10.2 Å². The highest BCUT2D eigenvalue weighted by molar-refractivity contribution is 5.55. The Morgan fingerprint density at radius 1 is 1.19 bits per heavy atom. The highest BCUT2D eigenvalue weighted by Gasteiger charge is 2.17. The van der Waals surface area contributed by atoms with Gasteiger partial charge in [-0.1, -0.05) is 42.5 Å². The van der Waals surface area contributed by atoms with E-state index in [1.54, 1.807) is 12.2 Å². The summed E-state index contributed by atoms with van der Waals surface area (Å²) in [6.45, 7) is -0.338. The molecule has 2 aromatic carbocycles. The smallest absolute Gasteiger partial charge is 0.394 e. The molecule has 1 atom stereocenters. The number of non-ortho nitro benzene ring substituents is 1. The Morgan fingerprint density at radius 3 is 2.50 bits per heavy atom. The third-order valence-electron chi connectivity index (χ3n) is 3.71. The molecule has 8 nitrogen and oxygen atoms in total. The van der Waals surface area contributed by atoms with E-state index in [0.29, 0.717) is 5.56 Å². The molecule has 0 radical (unpaired) electrons. The molecule has 26 heavy (non-hydrogen) atoms. The van der Waals surface area contributed by atoms with Crippen LogP contribution in [0.4, 0.5) is 5.69 Å². The van der Waals surface area contributed by atoms with Crippen molar-refractivity contribution in [3.63, 3.8) is 0 Å². The number of nitro benzene ring substituents is 1. The average molecular weight is 353 g/mol. The van der Waals surface area contributed by atoms with Crippen molar-refractivity contribution >= 4 is 11.8 Å². The summed E-state index contributed by atoms with van der Waals surface area (Å²) in [6.07, 6.45) is 3.42. The molecular weight excluding hydrogens is 338 g/mol. The molecule has 0 bridgehead atoms. The summed E-state index contributed by atoms with van der Waals surface area (Å²) >= 11 is 0. The van der Waals surface area contributed by atoms with Crippen LogP contribution in [0.1, 0.15) is 11.6 Å². The van der Waals surface area contributed by atoms with Crippen LogP contribution in [-0.4, -0.2) is 26.4 Å². The molecule has 3 aromatic rings. The molecular formula is C18H15N3O5. The van der Waals surface area contributed by atoms with Crippen molar-refractivity contribution in [1.82, 2.24) is 9.78 Å². The van der Waals surface area contributed by atoms with E-state index in [2.05, 4.69) is 5.10 Å². The van der Waals surface area contributed by atoms with Crippen molar-refractivity contribution in [1.29, 1.82) is 0 Å². The zero-order chi connectivity index (χ0) is 18.5. The van der Waals surface area contributed by atoms with Crippen molar-refractivity contribution in [2.45, 2.75) is 6.04 Å². The maximum absolute atomic E-state index is 12.1. The van der Waals surface area contributed by atoms with Crippen molar-refractivity contribution in [3.05, 3.63) is 86.9 Å². The van der Waals surface area contributed by atoms with Gasteiger partial charge >= 0.3 is 5.76 Å². The van der Waals surface area contributed by atoms with Gasteiger partial charge < -0.3 is 9.52 Å². The molecule has 0 aliphatic carbocycles. The van der Waals surface area contributed by atoms with Gasteiger partial charge in [0.2, 0.25) is 5.89 Å². The topological polar surface area (TPSA) is 111 Å². The molecule has 0 spiro atoms. The predicted molar refractivity (Wildman–Crippen MR) is 94.5 cm³/mol. The van der Waals surface area contributed by atoms with E-state index in [1.807, 2.05) is 30.3 Å². The highest BCUT2D eigenvalue weighted by Crippen LogP contribution is 2.20. The molecule has 1 N–H and O–H groups in total. The average Bonchev–Trinajstić information content (AvgIpc) is 3.05. The summed E-state index contributed by atoms with van der Waals surface area (Å²) in [4.78, 5) is 22.3. The minimum atomic E-state index is -0.727. The fraction of sp³-hybridized carbons (Fsp3) is 0.111. The summed E-state index contributed by atoms with van der Waals surface area (Å²) in [7, 11) is 0. The van der Waals surface area contributed by atoms with Crippen molar-refractivity contribution in [3.8, 4) is 11.5 Å². The van der Waals surface area contributed by atoms with Gasteiger partial charge in [-0.3, -0.25) is 10.1 Å². The standard InChI is InChI=1S/C18H15N3O5/c22-12-16(9-6-13-4-2-1-3-5-13)20-18(23)26-17(19-20)14-7-10-15(11-8-14)21(24)25/h1-11,16,22H,12H2/b9-6+. The summed E-state index contributed by atoms with van der Waals surface area (Å²) < 4.78 is 6.16. The van der Waals surface area contributed by atoms with Gasteiger partial charge in [0.1, 0.15) is 6.04 Å². The number of aliphatic hydroxyl groups is 1. The first kappa shape index (κ1) is 17.3. The largest absolute Gasteiger partial charge is 0.438 e. The molecule has 8 heteroatoms. The fourth-order valence-corrected chi connectivity index (χ4v) is 2.35. The number of hydrogen-bond donors (Lipinski definition) is 1. The van der Waals surface area contributed by atoms with E-state index < -0.39 is 16.7 Å². The van der Waals surface area contributed by atoms with E-state index >= 15 is 0 Å². The van der Waals surface area contributed by atoms with Crippen LogP contribution in [0.15, 0.2) is 69.9 Å². The van der Waals surface area contributed by atoms with Crippen LogP contribution in [0.3, 0.4) is 0 Å². The number of benzene rings is 2. The first-order valence-corrected chi connectivity index (χ1v) is 7.77. The van der Waals surface area contributed by atoms with Gasteiger partial charge in [-0.2, -0.15) is 4.68 Å². The zero-order valence-electron chi connectivity index (χ0n) is 13.6. The molecule has 0 saturated heterocycles. The van der Waals surface area contributed by atoms with Crippen LogP contribution in [0, 0.1) is 10.1 Å². The summed E-state index contributed by atoms with van der Waals surface area (Å²) in [5.74, 6) is -0.702.